The van der Waals surface area contributed by atoms with Crippen molar-refractivity contribution in [2.75, 3.05) is 26.7 Å². The summed E-state index contributed by atoms with van der Waals surface area (Å²) in [6.07, 6.45) is 1.67. The van der Waals surface area contributed by atoms with Crippen LogP contribution in [0, 0.1) is 0 Å². The Hall–Kier alpha value is -1.84. The highest BCUT2D eigenvalue weighted by molar-refractivity contribution is 5.83. The molecule has 0 spiro atoms. The molecule has 4 heteroatoms. The number of nitrogens with zero attached hydrogens (tertiary/aromatic N) is 1. The van der Waals surface area contributed by atoms with Crippen LogP contribution < -0.4 is 12.4 Å². The molecular weight excluding hydrogens is 346 g/mol. The van der Waals surface area contributed by atoms with Gasteiger partial charge in [0.2, 0.25) is 0 Å². The maximum Gasteiger partial charge on any atom is 0.317 e. The third-order valence-corrected chi connectivity index (χ3v) is 5.56. The molecule has 2 aromatic rings. The van der Waals surface area contributed by atoms with Crippen molar-refractivity contribution in [3.05, 3.63) is 71.8 Å². The lowest BCUT2D eigenvalue weighted by atomic mass is 9.72. The fraction of sp³-hybridized carbons (Fsp3) is 0.409. The van der Waals surface area contributed by atoms with E-state index in [-0.39, 0.29) is 18.4 Å². The van der Waals surface area contributed by atoms with Gasteiger partial charge in [-0.25, -0.2) is 0 Å². The average molecular weight is 374 g/mol. The smallest absolute Gasteiger partial charge is 0.317 e. The van der Waals surface area contributed by atoms with Gasteiger partial charge in [0, 0.05) is 18.4 Å². The summed E-state index contributed by atoms with van der Waals surface area (Å²) in [5, 5.41) is 0. The molecular formula is C22H28ClNO2. The molecule has 1 fully saturated rings. The van der Waals surface area contributed by atoms with Gasteiger partial charge in [-0.2, -0.15) is 0 Å². The van der Waals surface area contributed by atoms with E-state index in [2.05, 4.69) is 49.5 Å². The van der Waals surface area contributed by atoms with Crippen LogP contribution in [-0.2, 0) is 21.5 Å². The largest absolute Gasteiger partial charge is 1.00 e. The average Bonchev–Trinajstić information content (AvgIpc) is 2.64. The number of rotatable bonds is 5. The molecule has 1 saturated heterocycles. The van der Waals surface area contributed by atoms with Crippen molar-refractivity contribution in [2.45, 2.75) is 31.7 Å². The lowest BCUT2D eigenvalue weighted by molar-refractivity contribution is -0.928. The first-order valence-electron chi connectivity index (χ1n) is 9.18. The normalized spacial score (nSPS) is 25.2. The van der Waals surface area contributed by atoms with Gasteiger partial charge in [0.15, 0.2) is 0 Å². The number of quaternary nitrogens is 1. The van der Waals surface area contributed by atoms with Crippen LogP contribution in [0.25, 0.3) is 0 Å². The van der Waals surface area contributed by atoms with E-state index >= 15 is 0 Å². The maximum absolute atomic E-state index is 12.9. The molecule has 0 aromatic heterocycles. The molecule has 0 bridgehead atoms. The fourth-order valence-electron chi connectivity index (χ4n) is 3.98. The predicted molar refractivity (Wildman–Crippen MR) is 100 cm³/mol. The van der Waals surface area contributed by atoms with Gasteiger partial charge in [-0.3, -0.25) is 4.79 Å². The molecule has 3 nitrogen and oxygen atoms in total. The van der Waals surface area contributed by atoms with Crippen LogP contribution >= 0.6 is 0 Å². The van der Waals surface area contributed by atoms with Crippen molar-refractivity contribution in [2.24, 2.45) is 0 Å². The highest BCUT2D eigenvalue weighted by Gasteiger charge is 2.48. The zero-order chi connectivity index (χ0) is 17.8. The first kappa shape index (κ1) is 20.5. The van der Waals surface area contributed by atoms with Gasteiger partial charge < -0.3 is 21.6 Å². The lowest BCUT2D eigenvalue weighted by Crippen LogP contribution is -3.00. The van der Waals surface area contributed by atoms with E-state index in [4.69, 9.17) is 4.74 Å². The Morgan fingerprint density at radius 2 is 1.54 bits per heavy atom. The fourth-order valence-corrected chi connectivity index (χ4v) is 3.98. The van der Waals surface area contributed by atoms with E-state index in [0.29, 0.717) is 6.61 Å². The minimum atomic E-state index is -0.494. The second-order valence-electron chi connectivity index (χ2n) is 7.38. The topological polar surface area (TPSA) is 26.3 Å². The highest BCUT2D eigenvalue weighted by atomic mass is 35.5. The monoisotopic (exact) mass is 373 g/mol. The number of hydrogen-bond acceptors (Lipinski definition) is 2. The first-order chi connectivity index (χ1) is 12.1. The van der Waals surface area contributed by atoms with Gasteiger partial charge in [0.1, 0.15) is 12.0 Å². The predicted octanol–water partition coefficient (Wildman–Crippen LogP) is 0.932. The lowest BCUT2D eigenvalue weighted by Gasteiger charge is -2.45. The Morgan fingerprint density at radius 1 is 1.00 bits per heavy atom. The zero-order valence-corrected chi connectivity index (χ0v) is 16.4. The standard InChI is InChI=1S/C22H28NO2.ClH/c1-3-25-21(24)22(20-12-8-5-9-13-20)14-16-23(2,17-15-22)18-19-10-6-4-7-11-19;/h4-13H,3,14-18H2,1-2H3;1H/q+1;/p-1. The minimum absolute atomic E-state index is 0. The van der Waals surface area contributed by atoms with Crippen LogP contribution in [0.1, 0.15) is 30.9 Å². The summed E-state index contributed by atoms with van der Waals surface area (Å²) in [5.74, 6) is -0.0628. The Morgan fingerprint density at radius 3 is 2.08 bits per heavy atom. The van der Waals surface area contributed by atoms with E-state index in [1.165, 1.54) is 5.56 Å². The van der Waals surface area contributed by atoms with Crippen LogP contribution in [0.15, 0.2) is 60.7 Å². The van der Waals surface area contributed by atoms with Crippen LogP contribution in [0.4, 0.5) is 0 Å². The summed E-state index contributed by atoms with van der Waals surface area (Å²) >= 11 is 0. The van der Waals surface area contributed by atoms with Crippen molar-refractivity contribution in [1.82, 2.24) is 0 Å². The second-order valence-corrected chi connectivity index (χ2v) is 7.38. The van der Waals surface area contributed by atoms with E-state index in [9.17, 15) is 4.79 Å². The molecule has 26 heavy (non-hydrogen) atoms. The maximum atomic E-state index is 12.9. The molecule has 0 unspecified atom stereocenters. The van der Waals surface area contributed by atoms with Gasteiger partial charge >= 0.3 is 5.97 Å². The number of halogens is 1. The molecule has 0 saturated carbocycles. The Balaban J connectivity index is 0.00000243. The third kappa shape index (κ3) is 4.28. The molecule has 1 heterocycles. The number of esters is 1. The van der Waals surface area contributed by atoms with Gasteiger partial charge in [0.05, 0.1) is 26.7 Å². The summed E-state index contributed by atoms with van der Waals surface area (Å²) in [6, 6.07) is 20.8. The zero-order valence-electron chi connectivity index (χ0n) is 15.7. The minimum Gasteiger partial charge on any atom is -1.00 e. The number of carbonyl (C=O) groups excluding carboxylic acids is 1. The van der Waals surface area contributed by atoms with Gasteiger partial charge in [0.25, 0.3) is 0 Å². The molecule has 0 N–H and O–H groups in total. The van der Waals surface area contributed by atoms with Crippen molar-refractivity contribution in [3.8, 4) is 0 Å². The molecule has 2 aromatic carbocycles. The number of carbonyl (C=O) groups is 1. The molecule has 1 aliphatic heterocycles. The van der Waals surface area contributed by atoms with Crippen LogP contribution in [0.5, 0.6) is 0 Å². The molecule has 0 aliphatic carbocycles. The second kappa shape index (κ2) is 8.70. The van der Waals surface area contributed by atoms with Crippen LogP contribution in [-0.4, -0.2) is 37.2 Å². The van der Waals surface area contributed by atoms with Gasteiger partial charge in [-0.05, 0) is 12.5 Å². The molecule has 0 radical (unpaired) electrons. The molecule has 0 atom stereocenters. The van der Waals surface area contributed by atoms with Crippen molar-refractivity contribution in [3.63, 3.8) is 0 Å². The highest BCUT2D eigenvalue weighted by Crippen LogP contribution is 2.39. The first-order valence-corrected chi connectivity index (χ1v) is 9.18. The number of likely N-dealkylation sites (tertiary alicyclic amines) is 1. The van der Waals surface area contributed by atoms with Crippen LogP contribution in [0.3, 0.4) is 0 Å². The van der Waals surface area contributed by atoms with E-state index < -0.39 is 5.41 Å². The molecule has 1 aliphatic rings. The van der Waals surface area contributed by atoms with E-state index in [1.54, 1.807) is 0 Å². The Labute approximate surface area is 163 Å². The Bertz CT molecular complexity index is 695. The summed E-state index contributed by atoms with van der Waals surface area (Å²) < 4.78 is 6.45. The van der Waals surface area contributed by atoms with Crippen molar-refractivity contribution in [1.29, 1.82) is 0 Å². The molecule has 0 amide bonds. The Kier molecular flexibility index (Phi) is 6.85. The summed E-state index contributed by atoms with van der Waals surface area (Å²) in [7, 11) is 2.30. The number of hydrogen-bond donors (Lipinski definition) is 0. The third-order valence-electron chi connectivity index (χ3n) is 5.56. The quantitative estimate of drug-likeness (QED) is 0.576. The van der Waals surface area contributed by atoms with Gasteiger partial charge in [-0.1, -0.05) is 60.7 Å². The number of piperidine rings is 1. The molecule has 140 valence electrons. The number of benzene rings is 2. The van der Waals surface area contributed by atoms with Crippen molar-refractivity contribution >= 4 is 5.97 Å². The summed E-state index contributed by atoms with van der Waals surface area (Å²) in [5.41, 5.74) is 1.96. The van der Waals surface area contributed by atoms with Crippen LogP contribution in [0.2, 0.25) is 0 Å². The van der Waals surface area contributed by atoms with E-state index in [1.807, 2.05) is 25.1 Å². The van der Waals surface area contributed by atoms with Gasteiger partial charge in [-0.15, -0.1) is 0 Å². The molecule has 3 rings (SSSR count). The number of ether oxygens (including phenoxy) is 1. The summed E-state index contributed by atoms with van der Waals surface area (Å²) in [6.45, 7) is 5.28. The van der Waals surface area contributed by atoms with Crippen molar-refractivity contribution < 1.29 is 26.4 Å². The van der Waals surface area contributed by atoms with E-state index in [0.717, 1.165) is 42.5 Å². The SMILES string of the molecule is CCOC(=O)C1(c2ccccc2)CC[N+](C)(Cc2ccccc2)CC1.[Cl-]. The summed E-state index contributed by atoms with van der Waals surface area (Å²) in [4.78, 5) is 12.9.